The first-order chi connectivity index (χ1) is 12.4. The zero-order valence-corrected chi connectivity index (χ0v) is 14.9. The quantitative estimate of drug-likeness (QED) is 0.744. The Morgan fingerprint density at radius 1 is 0.963 bits per heavy atom. The van der Waals surface area contributed by atoms with Crippen LogP contribution < -0.4 is 9.46 Å². The fraction of sp³-hybridized carbons (Fsp3) is 0.176. The molecule has 0 radical (unpaired) electrons. The van der Waals surface area contributed by atoms with Crippen LogP contribution in [-0.2, 0) is 10.0 Å². The molecule has 0 spiro atoms. The molecule has 0 aromatic heterocycles. The van der Waals surface area contributed by atoms with Crippen LogP contribution >= 0.6 is 0 Å². The van der Waals surface area contributed by atoms with Gasteiger partial charge >= 0.3 is 6.36 Å². The fourth-order valence-electron chi connectivity index (χ4n) is 2.33. The van der Waals surface area contributed by atoms with Crippen molar-refractivity contribution in [2.24, 2.45) is 0 Å². The Labute approximate surface area is 153 Å². The molecule has 0 aliphatic heterocycles. The second-order valence-electron chi connectivity index (χ2n) is 5.47. The smallest absolute Gasteiger partial charge is 0.406 e. The predicted octanol–water partition coefficient (Wildman–Crippen LogP) is 3.79. The molecule has 0 unspecified atom stereocenters. The van der Waals surface area contributed by atoms with E-state index in [1.807, 2.05) is 0 Å². The van der Waals surface area contributed by atoms with Crippen LogP contribution in [0.4, 0.5) is 18.9 Å². The molecule has 0 amide bonds. The SMILES string of the molecule is CC(=O)c1cccc(NS(=O)(=O)c2ccc(OC(F)(F)F)cc2)c1C(C)=O. The summed E-state index contributed by atoms with van der Waals surface area (Å²) < 4.78 is 67.4. The van der Waals surface area contributed by atoms with E-state index in [9.17, 15) is 31.2 Å². The van der Waals surface area contributed by atoms with Crippen LogP contribution in [0.2, 0.25) is 0 Å². The molecule has 27 heavy (non-hydrogen) atoms. The summed E-state index contributed by atoms with van der Waals surface area (Å²) >= 11 is 0. The number of Topliss-reactive ketones (excluding diaryl/α,β-unsaturated/α-hetero) is 2. The third-order valence-corrected chi connectivity index (χ3v) is 4.79. The largest absolute Gasteiger partial charge is 0.573 e. The van der Waals surface area contributed by atoms with E-state index in [0.29, 0.717) is 0 Å². The van der Waals surface area contributed by atoms with Crippen molar-refractivity contribution in [3.8, 4) is 5.75 Å². The maximum atomic E-state index is 12.5. The lowest BCUT2D eigenvalue weighted by atomic mass is 10.00. The molecule has 0 aliphatic carbocycles. The normalized spacial score (nSPS) is 11.7. The zero-order chi connectivity index (χ0) is 20.4. The van der Waals surface area contributed by atoms with Gasteiger partial charge in [0.25, 0.3) is 10.0 Å². The maximum Gasteiger partial charge on any atom is 0.573 e. The van der Waals surface area contributed by atoms with Gasteiger partial charge in [-0.2, -0.15) is 0 Å². The van der Waals surface area contributed by atoms with Crippen molar-refractivity contribution in [1.82, 2.24) is 0 Å². The van der Waals surface area contributed by atoms with E-state index in [0.717, 1.165) is 24.3 Å². The minimum Gasteiger partial charge on any atom is -0.406 e. The van der Waals surface area contributed by atoms with Gasteiger partial charge in [-0.15, -0.1) is 13.2 Å². The van der Waals surface area contributed by atoms with Crippen LogP contribution in [0.3, 0.4) is 0 Å². The molecule has 0 heterocycles. The molecule has 2 aromatic carbocycles. The molecule has 2 aromatic rings. The number of sulfonamides is 1. The van der Waals surface area contributed by atoms with Crippen LogP contribution in [0.15, 0.2) is 47.4 Å². The molecule has 10 heteroatoms. The minimum atomic E-state index is -4.90. The van der Waals surface area contributed by atoms with E-state index >= 15 is 0 Å². The lowest BCUT2D eigenvalue weighted by molar-refractivity contribution is -0.274. The molecule has 144 valence electrons. The summed E-state index contributed by atoms with van der Waals surface area (Å²) in [5.74, 6) is -1.52. The van der Waals surface area contributed by atoms with E-state index in [1.54, 1.807) is 0 Å². The monoisotopic (exact) mass is 401 g/mol. The van der Waals surface area contributed by atoms with Crippen molar-refractivity contribution in [3.63, 3.8) is 0 Å². The molecular formula is C17H14F3NO5S. The summed E-state index contributed by atoms with van der Waals surface area (Å²) in [7, 11) is -4.22. The van der Waals surface area contributed by atoms with E-state index < -0.39 is 33.7 Å². The summed E-state index contributed by atoms with van der Waals surface area (Å²) in [6.45, 7) is 2.42. The van der Waals surface area contributed by atoms with Gasteiger partial charge in [-0.05, 0) is 44.2 Å². The van der Waals surface area contributed by atoms with Crippen molar-refractivity contribution in [2.45, 2.75) is 25.1 Å². The molecule has 0 fully saturated rings. The molecule has 0 saturated heterocycles. The molecule has 0 bridgehead atoms. The number of halogens is 3. The van der Waals surface area contributed by atoms with Crippen LogP contribution in [0, 0.1) is 0 Å². The molecular weight excluding hydrogens is 387 g/mol. The third kappa shape index (κ3) is 5.07. The Morgan fingerprint density at radius 2 is 1.56 bits per heavy atom. The van der Waals surface area contributed by atoms with Gasteiger partial charge in [-0.3, -0.25) is 14.3 Å². The van der Waals surface area contributed by atoms with E-state index in [1.165, 1.54) is 32.0 Å². The summed E-state index contributed by atoms with van der Waals surface area (Å²) in [5.41, 5.74) is -0.145. The van der Waals surface area contributed by atoms with Crippen molar-refractivity contribution in [2.75, 3.05) is 4.72 Å². The number of alkyl halides is 3. The van der Waals surface area contributed by atoms with E-state index in [4.69, 9.17) is 0 Å². The number of carbonyl (C=O) groups is 2. The van der Waals surface area contributed by atoms with E-state index in [2.05, 4.69) is 9.46 Å². The fourth-order valence-corrected chi connectivity index (χ4v) is 3.41. The Kier molecular flexibility index (Phi) is 5.59. The van der Waals surface area contributed by atoms with Crippen LogP contribution in [-0.4, -0.2) is 26.3 Å². The number of hydrogen-bond acceptors (Lipinski definition) is 5. The molecule has 0 aliphatic rings. The van der Waals surface area contributed by atoms with Gasteiger partial charge in [0.2, 0.25) is 0 Å². The van der Waals surface area contributed by atoms with Gasteiger partial charge < -0.3 is 4.74 Å². The van der Waals surface area contributed by atoms with E-state index in [-0.39, 0.29) is 21.7 Å². The zero-order valence-electron chi connectivity index (χ0n) is 14.1. The third-order valence-electron chi connectivity index (χ3n) is 3.41. The van der Waals surface area contributed by atoms with Gasteiger partial charge in [0.05, 0.1) is 16.1 Å². The second-order valence-corrected chi connectivity index (χ2v) is 7.15. The summed E-state index contributed by atoms with van der Waals surface area (Å²) in [6, 6.07) is 7.64. The molecule has 6 nitrogen and oxygen atoms in total. The summed E-state index contributed by atoms with van der Waals surface area (Å²) in [5, 5.41) is 0. The standard InChI is InChI=1S/C17H14F3NO5S/c1-10(22)14-4-3-5-15(16(14)11(2)23)21-27(24,25)13-8-6-12(7-9-13)26-17(18,19)20/h3-9,21H,1-2H3. The highest BCUT2D eigenvalue weighted by Crippen LogP contribution is 2.27. The average molecular weight is 401 g/mol. The number of nitrogens with one attached hydrogen (secondary N) is 1. The maximum absolute atomic E-state index is 12.5. The van der Waals surface area contributed by atoms with Crippen LogP contribution in [0.25, 0.3) is 0 Å². The Morgan fingerprint density at radius 3 is 2.04 bits per heavy atom. The van der Waals surface area contributed by atoms with Gasteiger partial charge in [-0.1, -0.05) is 12.1 Å². The van der Waals surface area contributed by atoms with Crippen molar-refractivity contribution in [3.05, 3.63) is 53.6 Å². The summed E-state index contributed by atoms with van der Waals surface area (Å²) in [6.07, 6.45) is -4.90. The summed E-state index contributed by atoms with van der Waals surface area (Å²) in [4.78, 5) is 23.2. The number of hydrogen-bond donors (Lipinski definition) is 1. The molecule has 0 atom stereocenters. The van der Waals surface area contributed by atoms with Gasteiger partial charge in [0.1, 0.15) is 5.75 Å². The van der Waals surface area contributed by atoms with Crippen molar-refractivity contribution >= 4 is 27.3 Å². The van der Waals surface area contributed by atoms with Crippen molar-refractivity contribution in [1.29, 1.82) is 0 Å². The minimum absolute atomic E-state index is 0.0524. The number of anilines is 1. The van der Waals surface area contributed by atoms with Gasteiger partial charge in [0, 0.05) is 5.56 Å². The Balaban J connectivity index is 2.38. The highest BCUT2D eigenvalue weighted by atomic mass is 32.2. The molecule has 0 saturated carbocycles. The Hall–Kier alpha value is -2.88. The molecule has 1 N–H and O–H groups in total. The average Bonchev–Trinajstić information content (AvgIpc) is 2.52. The second kappa shape index (κ2) is 7.39. The number of rotatable bonds is 6. The number of ether oxygens (including phenoxy) is 1. The van der Waals surface area contributed by atoms with Crippen LogP contribution in [0.1, 0.15) is 34.6 Å². The highest BCUT2D eigenvalue weighted by molar-refractivity contribution is 7.92. The first-order valence-electron chi connectivity index (χ1n) is 7.44. The van der Waals surface area contributed by atoms with Crippen LogP contribution in [0.5, 0.6) is 5.75 Å². The molecule has 2 rings (SSSR count). The number of carbonyl (C=O) groups excluding carboxylic acids is 2. The first kappa shape index (κ1) is 20.4. The number of benzene rings is 2. The lowest BCUT2D eigenvalue weighted by Crippen LogP contribution is -2.18. The van der Waals surface area contributed by atoms with Gasteiger partial charge in [0.15, 0.2) is 11.6 Å². The lowest BCUT2D eigenvalue weighted by Gasteiger charge is -2.14. The highest BCUT2D eigenvalue weighted by Gasteiger charge is 2.31. The number of ketones is 2. The van der Waals surface area contributed by atoms with Gasteiger partial charge in [-0.25, -0.2) is 8.42 Å². The Bertz CT molecular complexity index is 983. The topological polar surface area (TPSA) is 89.5 Å². The van der Waals surface area contributed by atoms with Crippen molar-refractivity contribution < 1.29 is 35.9 Å². The first-order valence-corrected chi connectivity index (χ1v) is 8.92. The predicted molar refractivity (Wildman–Crippen MR) is 90.4 cm³/mol.